The first kappa shape index (κ1) is 21.5. The molecule has 0 unspecified atom stereocenters. The maximum atomic E-state index is 13.2. The Bertz CT molecular complexity index is 623. The van der Waals surface area contributed by atoms with Crippen LogP contribution in [-0.4, -0.2) is 39.3 Å². The number of hydrogen-bond acceptors (Lipinski definition) is 2. The van der Waals surface area contributed by atoms with E-state index < -0.39 is 17.2 Å². The van der Waals surface area contributed by atoms with Gasteiger partial charge in [-0.25, -0.2) is 0 Å². The van der Waals surface area contributed by atoms with Crippen LogP contribution in [0.15, 0.2) is 29.3 Å². The van der Waals surface area contributed by atoms with Gasteiger partial charge in [-0.3, -0.25) is 4.99 Å². The van der Waals surface area contributed by atoms with Gasteiger partial charge in [0.2, 0.25) is 0 Å². The Morgan fingerprint density at radius 2 is 1.93 bits per heavy atom. The lowest BCUT2D eigenvalue weighted by Crippen LogP contribution is -2.48. The van der Waals surface area contributed by atoms with E-state index in [1.807, 2.05) is 0 Å². The van der Waals surface area contributed by atoms with Crippen molar-refractivity contribution in [1.29, 1.82) is 0 Å². The van der Waals surface area contributed by atoms with Crippen LogP contribution in [0.4, 0.5) is 13.2 Å². The minimum atomic E-state index is -4.34. The number of aliphatic imine (C=N–C) groups is 1. The number of alkyl halides is 3. The standard InChI is InChI=1S/C20H30F3N3O/c1-15(2)7-10-25-18(24-3)26-14-19(8-11-27-12-9-19)16-5-4-6-17(13-16)20(21,22)23/h4-6,13,15H,7-12,14H2,1-3H3,(H2,24,25,26). The van der Waals surface area contributed by atoms with E-state index in [4.69, 9.17) is 4.74 Å². The highest BCUT2D eigenvalue weighted by atomic mass is 19.4. The fourth-order valence-corrected chi connectivity index (χ4v) is 3.31. The van der Waals surface area contributed by atoms with Crippen molar-refractivity contribution < 1.29 is 17.9 Å². The van der Waals surface area contributed by atoms with Crippen molar-refractivity contribution in [3.8, 4) is 0 Å². The summed E-state index contributed by atoms with van der Waals surface area (Å²) in [5.41, 5.74) is -0.314. The van der Waals surface area contributed by atoms with Crippen LogP contribution in [0.1, 0.15) is 44.2 Å². The lowest BCUT2D eigenvalue weighted by molar-refractivity contribution is -0.137. The van der Waals surface area contributed by atoms with Crippen molar-refractivity contribution >= 4 is 5.96 Å². The second kappa shape index (κ2) is 9.44. The van der Waals surface area contributed by atoms with Gasteiger partial charge in [-0.1, -0.05) is 32.0 Å². The zero-order valence-corrected chi connectivity index (χ0v) is 16.3. The summed E-state index contributed by atoms with van der Waals surface area (Å²) in [7, 11) is 1.70. The molecular weight excluding hydrogens is 355 g/mol. The van der Waals surface area contributed by atoms with Crippen LogP contribution < -0.4 is 10.6 Å². The number of nitrogens with one attached hydrogen (secondary N) is 2. The molecule has 2 rings (SSSR count). The highest BCUT2D eigenvalue weighted by Gasteiger charge is 2.37. The highest BCUT2D eigenvalue weighted by molar-refractivity contribution is 5.79. The first-order valence-corrected chi connectivity index (χ1v) is 9.47. The summed E-state index contributed by atoms with van der Waals surface area (Å²) in [4.78, 5) is 4.23. The third-order valence-corrected chi connectivity index (χ3v) is 5.08. The van der Waals surface area contributed by atoms with Crippen LogP contribution in [0, 0.1) is 5.92 Å². The van der Waals surface area contributed by atoms with E-state index in [1.165, 1.54) is 12.1 Å². The normalized spacial score (nSPS) is 17.8. The molecule has 1 aliphatic heterocycles. The van der Waals surface area contributed by atoms with Crippen LogP contribution in [0.25, 0.3) is 0 Å². The summed E-state index contributed by atoms with van der Waals surface area (Å²) in [5.74, 6) is 1.26. The number of rotatable bonds is 6. The Morgan fingerprint density at radius 3 is 2.52 bits per heavy atom. The molecule has 0 radical (unpaired) electrons. The van der Waals surface area contributed by atoms with E-state index in [-0.39, 0.29) is 0 Å². The molecular formula is C20H30F3N3O. The molecule has 1 aromatic carbocycles. The van der Waals surface area contributed by atoms with Crippen LogP contribution in [0.2, 0.25) is 0 Å². The zero-order valence-electron chi connectivity index (χ0n) is 16.3. The van der Waals surface area contributed by atoms with Crippen molar-refractivity contribution in [2.24, 2.45) is 10.9 Å². The summed E-state index contributed by atoms with van der Waals surface area (Å²) in [6.07, 6.45) is -1.98. The van der Waals surface area contributed by atoms with E-state index in [0.29, 0.717) is 50.0 Å². The topological polar surface area (TPSA) is 45.7 Å². The lowest BCUT2D eigenvalue weighted by Gasteiger charge is -2.38. The minimum Gasteiger partial charge on any atom is -0.381 e. The molecule has 0 atom stereocenters. The Kier molecular flexibility index (Phi) is 7.53. The Balaban J connectivity index is 2.15. The van der Waals surface area contributed by atoms with E-state index in [2.05, 4.69) is 29.5 Å². The smallest absolute Gasteiger partial charge is 0.381 e. The van der Waals surface area contributed by atoms with Crippen LogP contribution in [-0.2, 0) is 16.3 Å². The molecule has 0 bridgehead atoms. The van der Waals surface area contributed by atoms with E-state index in [0.717, 1.165) is 19.0 Å². The minimum absolute atomic E-state index is 0.408. The van der Waals surface area contributed by atoms with Crippen LogP contribution >= 0.6 is 0 Å². The second-order valence-electron chi connectivity index (χ2n) is 7.51. The fourth-order valence-electron chi connectivity index (χ4n) is 3.31. The van der Waals surface area contributed by atoms with Crippen molar-refractivity contribution in [1.82, 2.24) is 10.6 Å². The average molecular weight is 385 g/mol. The van der Waals surface area contributed by atoms with Gasteiger partial charge in [-0.2, -0.15) is 13.2 Å². The van der Waals surface area contributed by atoms with Crippen LogP contribution in [0.3, 0.4) is 0 Å². The summed E-state index contributed by atoms with van der Waals surface area (Å²) >= 11 is 0. The van der Waals surface area contributed by atoms with Gasteiger partial charge in [0.05, 0.1) is 5.56 Å². The molecule has 2 N–H and O–H groups in total. The fraction of sp³-hybridized carbons (Fsp3) is 0.650. The van der Waals surface area contributed by atoms with Gasteiger partial charge in [0.15, 0.2) is 5.96 Å². The van der Waals surface area contributed by atoms with Crippen molar-refractivity contribution in [3.63, 3.8) is 0 Å². The van der Waals surface area contributed by atoms with Gasteiger partial charge >= 0.3 is 6.18 Å². The van der Waals surface area contributed by atoms with Gasteiger partial charge in [-0.15, -0.1) is 0 Å². The maximum Gasteiger partial charge on any atom is 0.416 e. The number of nitrogens with zero attached hydrogens (tertiary/aromatic N) is 1. The summed E-state index contributed by atoms with van der Waals surface area (Å²) in [5, 5.41) is 6.58. The quantitative estimate of drug-likeness (QED) is 0.575. The number of guanidine groups is 1. The Morgan fingerprint density at radius 1 is 1.22 bits per heavy atom. The second-order valence-corrected chi connectivity index (χ2v) is 7.51. The van der Waals surface area contributed by atoms with E-state index in [1.54, 1.807) is 13.1 Å². The molecule has 0 aliphatic carbocycles. The van der Waals surface area contributed by atoms with Gasteiger partial charge < -0.3 is 15.4 Å². The molecule has 1 fully saturated rings. The zero-order chi connectivity index (χ0) is 19.9. The molecule has 0 saturated carbocycles. The summed E-state index contributed by atoms with van der Waals surface area (Å²) in [6, 6.07) is 5.68. The third-order valence-electron chi connectivity index (χ3n) is 5.08. The first-order valence-electron chi connectivity index (χ1n) is 9.47. The van der Waals surface area contributed by atoms with Crippen molar-refractivity contribution in [2.75, 3.05) is 33.4 Å². The molecule has 4 nitrogen and oxygen atoms in total. The maximum absolute atomic E-state index is 13.2. The largest absolute Gasteiger partial charge is 0.416 e. The molecule has 7 heteroatoms. The monoisotopic (exact) mass is 385 g/mol. The molecule has 0 spiro atoms. The summed E-state index contributed by atoms with van der Waals surface area (Å²) in [6.45, 7) is 6.70. The van der Waals surface area contributed by atoms with Gasteiger partial charge in [0.1, 0.15) is 0 Å². The number of benzene rings is 1. The highest BCUT2D eigenvalue weighted by Crippen LogP contribution is 2.37. The van der Waals surface area contributed by atoms with Gasteiger partial charge in [0, 0.05) is 38.8 Å². The molecule has 0 aromatic heterocycles. The number of ether oxygens (including phenoxy) is 1. The predicted octanol–water partition coefficient (Wildman–Crippen LogP) is 3.96. The summed E-state index contributed by atoms with van der Waals surface area (Å²) < 4.78 is 45.0. The van der Waals surface area contributed by atoms with E-state index in [9.17, 15) is 13.2 Å². The molecule has 1 aromatic rings. The lowest BCUT2D eigenvalue weighted by atomic mass is 9.73. The molecule has 1 heterocycles. The van der Waals surface area contributed by atoms with Gasteiger partial charge in [-0.05, 0) is 36.8 Å². The first-order chi connectivity index (χ1) is 12.8. The average Bonchev–Trinajstić information content (AvgIpc) is 2.64. The Labute approximate surface area is 159 Å². The van der Waals surface area contributed by atoms with Crippen molar-refractivity contribution in [3.05, 3.63) is 35.4 Å². The molecule has 0 amide bonds. The SMILES string of the molecule is CN=C(NCCC(C)C)NCC1(c2cccc(C(F)(F)F)c2)CCOCC1. The third kappa shape index (κ3) is 6.13. The van der Waals surface area contributed by atoms with Gasteiger partial charge in [0.25, 0.3) is 0 Å². The molecule has 152 valence electrons. The number of hydrogen-bond donors (Lipinski definition) is 2. The predicted molar refractivity (Wildman–Crippen MR) is 102 cm³/mol. The van der Waals surface area contributed by atoms with Crippen LogP contribution in [0.5, 0.6) is 0 Å². The molecule has 27 heavy (non-hydrogen) atoms. The molecule has 1 saturated heterocycles. The molecule has 1 aliphatic rings. The Hall–Kier alpha value is -1.76. The van der Waals surface area contributed by atoms with E-state index >= 15 is 0 Å². The van der Waals surface area contributed by atoms with Crippen molar-refractivity contribution in [2.45, 2.75) is 44.7 Å². The number of halogens is 3.